The zero-order valence-corrected chi connectivity index (χ0v) is 12.0. The SMILES string of the molecule is CCOC(=O)C(NC(=O)C(C)C(C)N)C(C)CC. The molecule has 0 aliphatic rings. The first kappa shape index (κ1) is 16.9. The van der Waals surface area contributed by atoms with Crippen molar-refractivity contribution in [1.29, 1.82) is 0 Å². The van der Waals surface area contributed by atoms with Crippen molar-refractivity contribution in [1.82, 2.24) is 5.32 Å². The highest BCUT2D eigenvalue weighted by atomic mass is 16.5. The van der Waals surface area contributed by atoms with Gasteiger partial charge in [-0.2, -0.15) is 0 Å². The molecule has 4 unspecified atom stereocenters. The van der Waals surface area contributed by atoms with Crippen molar-refractivity contribution in [3.05, 3.63) is 0 Å². The van der Waals surface area contributed by atoms with E-state index in [4.69, 9.17) is 10.5 Å². The minimum atomic E-state index is -0.594. The maximum absolute atomic E-state index is 11.9. The van der Waals surface area contributed by atoms with Crippen LogP contribution in [-0.2, 0) is 14.3 Å². The van der Waals surface area contributed by atoms with Crippen LogP contribution in [0.4, 0.5) is 0 Å². The van der Waals surface area contributed by atoms with Crippen LogP contribution in [0.25, 0.3) is 0 Å². The van der Waals surface area contributed by atoms with Gasteiger partial charge in [-0.15, -0.1) is 0 Å². The molecule has 106 valence electrons. The average molecular weight is 258 g/mol. The Bertz CT molecular complexity index is 279. The van der Waals surface area contributed by atoms with E-state index in [0.717, 1.165) is 6.42 Å². The van der Waals surface area contributed by atoms with Gasteiger partial charge in [0.1, 0.15) is 6.04 Å². The number of carbonyl (C=O) groups is 2. The Morgan fingerprint density at radius 3 is 2.17 bits per heavy atom. The van der Waals surface area contributed by atoms with Gasteiger partial charge in [-0.3, -0.25) is 4.79 Å². The Morgan fingerprint density at radius 2 is 1.78 bits per heavy atom. The summed E-state index contributed by atoms with van der Waals surface area (Å²) >= 11 is 0. The van der Waals surface area contributed by atoms with Crippen molar-refractivity contribution in [2.75, 3.05) is 6.61 Å². The summed E-state index contributed by atoms with van der Waals surface area (Å²) in [7, 11) is 0. The number of esters is 1. The van der Waals surface area contributed by atoms with Crippen molar-refractivity contribution in [3.8, 4) is 0 Å². The van der Waals surface area contributed by atoms with E-state index in [1.807, 2.05) is 13.8 Å². The first-order valence-electron chi connectivity index (χ1n) is 6.57. The van der Waals surface area contributed by atoms with Gasteiger partial charge < -0.3 is 15.8 Å². The molecule has 3 N–H and O–H groups in total. The maximum Gasteiger partial charge on any atom is 0.328 e. The van der Waals surface area contributed by atoms with Gasteiger partial charge in [0, 0.05) is 12.0 Å². The third kappa shape index (κ3) is 5.04. The fourth-order valence-electron chi connectivity index (χ4n) is 1.42. The summed E-state index contributed by atoms with van der Waals surface area (Å²) in [5.41, 5.74) is 5.68. The Labute approximate surface area is 109 Å². The summed E-state index contributed by atoms with van der Waals surface area (Å²) in [4.78, 5) is 23.7. The van der Waals surface area contributed by atoms with Crippen LogP contribution in [0.3, 0.4) is 0 Å². The van der Waals surface area contributed by atoms with Crippen molar-refractivity contribution < 1.29 is 14.3 Å². The Kier molecular flexibility index (Phi) is 7.59. The monoisotopic (exact) mass is 258 g/mol. The first-order valence-corrected chi connectivity index (χ1v) is 6.57. The lowest BCUT2D eigenvalue weighted by Gasteiger charge is -2.25. The van der Waals surface area contributed by atoms with Gasteiger partial charge in [-0.05, 0) is 19.8 Å². The number of nitrogens with one attached hydrogen (secondary N) is 1. The minimum absolute atomic E-state index is 0.0354. The van der Waals surface area contributed by atoms with Gasteiger partial charge in [0.2, 0.25) is 5.91 Å². The zero-order valence-electron chi connectivity index (χ0n) is 12.0. The molecule has 18 heavy (non-hydrogen) atoms. The highest BCUT2D eigenvalue weighted by Crippen LogP contribution is 2.11. The number of nitrogens with two attached hydrogens (primary N) is 1. The topological polar surface area (TPSA) is 81.4 Å². The van der Waals surface area contributed by atoms with Crippen molar-refractivity contribution in [2.24, 2.45) is 17.6 Å². The fraction of sp³-hybridized carbons (Fsp3) is 0.846. The van der Waals surface area contributed by atoms with Crippen LogP contribution >= 0.6 is 0 Å². The van der Waals surface area contributed by atoms with Gasteiger partial charge in [-0.25, -0.2) is 4.79 Å². The molecule has 5 heteroatoms. The first-order chi connectivity index (χ1) is 8.34. The standard InChI is InChI=1S/C13H26N2O3/c1-6-8(3)11(13(17)18-7-2)15-12(16)9(4)10(5)14/h8-11H,6-7,14H2,1-5H3,(H,15,16). The lowest BCUT2D eigenvalue weighted by atomic mass is 9.97. The summed E-state index contributed by atoms with van der Waals surface area (Å²) in [5.74, 6) is -0.875. The largest absolute Gasteiger partial charge is 0.464 e. The third-order valence-corrected chi connectivity index (χ3v) is 3.25. The summed E-state index contributed by atoms with van der Waals surface area (Å²) < 4.78 is 4.98. The van der Waals surface area contributed by atoms with E-state index in [-0.39, 0.29) is 29.8 Å². The molecule has 5 nitrogen and oxygen atoms in total. The zero-order chi connectivity index (χ0) is 14.3. The molecule has 4 atom stereocenters. The Hall–Kier alpha value is -1.10. The van der Waals surface area contributed by atoms with Crippen molar-refractivity contribution in [2.45, 2.75) is 53.1 Å². The molecule has 0 aliphatic heterocycles. The second-order valence-corrected chi connectivity index (χ2v) is 4.77. The highest BCUT2D eigenvalue weighted by Gasteiger charge is 2.29. The third-order valence-electron chi connectivity index (χ3n) is 3.25. The summed E-state index contributed by atoms with van der Waals surface area (Å²) in [6.07, 6.45) is 0.788. The second kappa shape index (κ2) is 8.08. The smallest absolute Gasteiger partial charge is 0.328 e. The van der Waals surface area contributed by atoms with E-state index >= 15 is 0 Å². The maximum atomic E-state index is 11.9. The number of hydrogen-bond donors (Lipinski definition) is 2. The lowest BCUT2D eigenvalue weighted by molar-refractivity contribution is -0.149. The molecule has 0 fully saturated rings. The van der Waals surface area contributed by atoms with Crippen LogP contribution in [0.1, 0.15) is 41.0 Å². The molecular weight excluding hydrogens is 232 g/mol. The number of ether oxygens (including phenoxy) is 1. The normalized spacial score (nSPS) is 17.4. The van der Waals surface area contributed by atoms with Crippen LogP contribution in [0.5, 0.6) is 0 Å². The lowest BCUT2D eigenvalue weighted by Crippen LogP contribution is -2.50. The highest BCUT2D eigenvalue weighted by molar-refractivity contribution is 5.86. The van der Waals surface area contributed by atoms with Gasteiger partial charge >= 0.3 is 5.97 Å². The van der Waals surface area contributed by atoms with Crippen LogP contribution in [0.15, 0.2) is 0 Å². The van der Waals surface area contributed by atoms with Crippen molar-refractivity contribution in [3.63, 3.8) is 0 Å². The summed E-state index contributed by atoms with van der Waals surface area (Å²) in [6, 6.07) is -0.839. The fourth-order valence-corrected chi connectivity index (χ4v) is 1.42. The van der Waals surface area contributed by atoms with Crippen LogP contribution in [0.2, 0.25) is 0 Å². The molecule has 0 aromatic carbocycles. The average Bonchev–Trinajstić information content (AvgIpc) is 2.33. The molecule has 0 spiro atoms. The number of amides is 1. The molecular formula is C13H26N2O3. The van der Waals surface area contributed by atoms with E-state index < -0.39 is 6.04 Å². The van der Waals surface area contributed by atoms with E-state index in [1.54, 1.807) is 20.8 Å². The second-order valence-electron chi connectivity index (χ2n) is 4.77. The molecule has 0 aromatic heterocycles. The predicted octanol–water partition coefficient (Wildman–Crippen LogP) is 1.06. The summed E-state index contributed by atoms with van der Waals surface area (Å²) in [6.45, 7) is 9.46. The molecule has 0 heterocycles. The molecule has 0 bridgehead atoms. The molecule has 0 aliphatic carbocycles. The number of hydrogen-bond acceptors (Lipinski definition) is 4. The molecule has 1 amide bonds. The van der Waals surface area contributed by atoms with Gasteiger partial charge in [0.15, 0.2) is 0 Å². The quantitative estimate of drug-likeness (QED) is 0.669. The van der Waals surface area contributed by atoms with Crippen molar-refractivity contribution >= 4 is 11.9 Å². The molecule has 0 aromatic rings. The predicted molar refractivity (Wildman–Crippen MR) is 70.8 cm³/mol. The minimum Gasteiger partial charge on any atom is -0.464 e. The van der Waals surface area contributed by atoms with Gasteiger partial charge in [-0.1, -0.05) is 27.2 Å². The van der Waals surface area contributed by atoms with Crippen LogP contribution < -0.4 is 11.1 Å². The van der Waals surface area contributed by atoms with E-state index in [2.05, 4.69) is 5.32 Å². The Balaban J connectivity index is 4.69. The van der Waals surface area contributed by atoms with Crippen LogP contribution in [0, 0.1) is 11.8 Å². The molecule has 0 saturated carbocycles. The van der Waals surface area contributed by atoms with E-state index in [1.165, 1.54) is 0 Å². The summed E-state index contributed by atoms with van der Waals surface area (Å²) in [5, 5.41) is 2.74. The molecule has 0 rings (SSSR count). The van der Waals surface area contributed by atoms with E-state index in [9.17, 15) is 9.59 Å². The van der Waals surface area contributed by atoms with Gasteiger partial charge in [0.25, 0.3) is 0 Å². The van der Waals surface area contributed by atoms with E-state index in [0.29, 0.717) is 6.61 Å². The number of carbonyl (C=O) groups excluding carboxylic acids is 2. The van der Waals surface area contributed by atoms with Gasteiger partial charge in [0.05, 0.1) is 6.61 Å². The Morgan fingerprint density at radius 1 is 1.22 bits per heavy atom. The van der Waals surface area contributed by atoms with Crippen LogP contribution in [-0.4, -0.2) is 30.6 Å². The number of rotatable bonds is 7. The molecule has 0 radical (unpaired) electrons. The molecule has 0 saturated heterocycles.